The second-order valence-corrected chi connectivity index (χ2v) is 6.55. The Bertz CT molecular complexity index is 1260. The van der Waals surface area contributed by atoms with Crippen LogP contribution in [-0.2, 0) is 6.42 Å². The Labute approximate surface area is 164 Å². The molecule has 0 saturated heterocycles. The number of rotatable bonds is 3. The van der Waals surface area contributed by atoms with Crippen molar-refractivity contribution in [3.8, 4) is 0 Å². The van der Waals surface area contributed by atoms with Crippen LogP contribution >= 0.6 is 0 Å². The summed E-state index contributed by atoms with van der Waals surface area (Å²) >= 11 is 0. The smallest absolute Gasteiger partial charge is 0.292 e. The first kappa shape index (κ1) is 18.3. The highest BCUT2D eigenvalue weighted by Crippen LogP contribution is 2.37. The highest BCUT2D eigenvalue weighted by molar-refractivity contribution is 5.93. The van der Waals surface area contributed by atoms with Crippen LogP contribution in [0.4, 0.5) is 17.6 Å². The van der Waals surface area contributed by atoms with Gasteiger partial charge in [0.05, 0.1) is 12.0 Å². The molecular formula is C18H11F4N5O3. The van der Waals surface area contributed by atoms with Crippen LogP contribution in [0, 0.1) is 11.6 Å². The van der Waals surface area contributed by atoms with E-state index in [0.717, 1.165) is 12.5 Å². The van der Waals surface area contributed by atoms with Gasteiger partial charge in [-0.15, -0.1) is 0 Å². The first-order chi connectivity index (χ1) is 14.5. The Hall–Kier alpha value is -3.70. The molecule has 154 valence electrons. The molecule has 0 unspecified atom stereocenters. The molecule has 0 fully saturated rings. The second kappa shape index (κ2) is 6.68. The Morgan fingerprint density at radius 2 is 2.10 bits per heavy atom. The van der Waals surface area contributed by atoms with Crippen molar-refractivity contribution < 1.29 is 31.2 Å². The average Bonchev–Trinajstić information content (AvgIpc) is 3.48. The van der Waals surface area contributed by atoms with E-state index in [0.29, 0.717) is 17.8 Å². The van der Waals surface area contributed by atoms with Gasteiger partial charge in [-0.2, -0.15) is 4.39 Å². The van der Waals surface area contributed by atoms with E-state index in [2.05, 4.69) is 19.9 Å². The van der Waals surface area contributed by atoms with Crippen molar-refractivity contribution in [3.05, 3.63) is 65.2 Å². The number of amides is 1. The molecule has 30 heavy (non-hydrogen) atoms. The number of H-pyrrole nitrogens is 1. The Morgan fingerprint density at radius 1 is 1.27 bits per heavy atom. The van der Waals surface area contributed by atoms with E-state index in [9.17, 15) is 22.4 Å². The molecule has 0 bridgehead atoms. The van der Waals surface area contributed by atoms with Gasteiger partial charge in [0.1, 0.15) is 5.52 Å². The largest absolute Gasteiger partial charge is 0.438 e. The third kappa shape index (κ3) is 2.67. The fourth-order valence-electron chi connectivity index (χ4n) is 3.52. The van der Waals surface area contributed by atoms with Crippen LogP contribution < -0.4 is 0 Å². The molecule has 8 nitrogen and oxygen atoms in total. The van der Waals surface area contributed by atoms with Crippen molar-refractivity contribution in [2.75, 3.05) is 6.54 Å². The summed E-state index contributed by atoms with van der Waals surface area (Å²) in [4.78, 5) is 28.9. The van der Waals surface area contributed by atoms with E-state index < -0.39 is 47.0 Å². The molecule has 4 aromatic rings. The third-order valence-corrected chi connectivity index (χ3v) is 4.88. The van der Waals surface area contributed by atoms with Gasteiger partial charge in [-0.25, -0.2) is 28.1 Å². The minimum atomic E-state index is -3.02. The number of carbonyl (C=O) groups is 1. The van der Waals surface area contributed by atoms with Crippen LogP contribution in [0.15, 0.2) is 33.7 Å². The lowest BCUT2D eigenvalue weighted by Gasteiger charge is -2.32. The molecular weight excluding hydrogens is 410 g/mol. The van der Waals surface area contributed by atoms with Gasteiger partial charge < -0.3 is 18.7 Å². The molecule has 0 radical (unpaired) electrons. The van der Waals surface area contributed by atoms with Gasteiger partial charge in [-0.05, 0) is 12.1 Å². The SMILES string of the molecule is O=C(c1ocnc1C(F)F)N1CCc2[nH]cnc2[C@H]1c1nc2ccc(F)c(F)c2o1. The zero-order chi connectivity index (χ0) is 21.0. The van der Waals surface area contributed by atoms with Gasteiger partial charge in [-0.1, -0.05) is 0 Å². The number of benzene rings is 1. The van der Waals surface area contributed by atoms with Crippen LogP contribution in [0.5, 0.6) is 0 Å². The monoisotopic (exact) mass is 421 g/mol. The van der Waals surface area contributed by atoms with Gasteiger partial charge in [0, 0.05) is 18.7 Å². The molecule has 3 aromatic heterocycles. The highest BCUT2D eigenvalue weighted by Gasteiger charge is 2.40. The van der Waals surface area contributed by atoms with Crippen molar-refractivity contribution in [2.24, 2.45) is 0 Å². The van der Waals surface area contributed by atoms with E-state index in [-0.39, 0.29) is 18.0 Å². The molecule has 5 rings (SSSR count). The minimum Gasteiger partial charge on any atom is -0.438 e. The number of fused-ring (bicyclic) bond motifs is 2. The van der Waals surface area contributed by atoms with Crippen LogP contribution in [-0.4, -0.2) is 37.3 Å². The number of halogens is 4. The summed E-state index contributed by atoms with van der Waals surface area (Å²) < 4.78 is 64.5. The van der Waals surface area contributed by atoms with E-state index in [1.165, 1.54) is 17.3 Å². The van der Waals surface area contributed by atoms with Crippen LogP contribution in [0.2, 0.25) is 0 Å². The van der Waals surface area contributed by atoms with Crippen molar-refractivity contribution in [3.63, 3.8) is 0 Å². The first-order valence-electron chi connectivity index (χ1n) is 8.74. The van der Waals surface area contributed by atoms with Crippen molar-refractivity contribution in [2.45, 2.75) is 18.9 Å². The van der Waals surface area contributed by atoms with Crippen molar-refractivity contribution in [1.29, 1.82) is 0 Å². The molecule has 0 aliphatic carbocycles. The number of nitrogens with zero attached hydrogens (tertiary/aromatic N) is 4. The van der Waals surface area contributed by atoms with Crippen molar-refractivity contribution in [1.82, 2.24) is 24.8 Å². The number of imidazole rings is 1. The molecule has 1 N–H and O–H groups in total. The summed E-state index contributed by atoms with van der Waals surface area (Å²) in [7, 11) is 0. The predicted octanol–water partition coefficient (Wildman–Crippen LogP) is 3.54. The van der Waals surface area contributed by atoms with Crippen LogP contribution in [0.1, 0.15) is 46.0 Å². The molecule has 1 aliphatic rings. The third-order valence-electron chi connectivity index (χ3n) is 4.88. The van der Waals surface area contributed by atoms with E-state index in [1.54, 1.807) is 0 Å². The lowest BCUT2D eigenvalue weighted by Crippen LogP contribution is -2.41. The quantitative estimate of drug-likeness (QED) is 0.508. The zero-order valence-electron chi connectivity index (χ0n) is 14.9. The average molecular weight is 421 g/mol. The number of hydrogen-bond acceptors (Lipinski definition) is 6. The predicted molar refractivity (Wildman–Crippen MR) is 90.6 cm³/mol. The summed E-state index contributed by atoms with van der Waals surface area (Å²) in [5.74, 6) is -3.99. The molecule has 1 aliphatic heterocycles. The maximum Gasteiger partial charge on any atom is 0.292 e. The van der Waals surface area contributed by atoms with Gasteiger partial charge in [-0.3, -0.25) is 4.79 Å². The second-order valence-electron chi connectivity index (χ2n) is 6.55. The fourth-order valence-corrected chi connectivity index (χ4v) is 3.52. The highest BCUT2D eigenvalue weighted by atomic mass is 19.3. The molecule has 1 amide bonds. The van der Waals surface area contributed by atoms with E-state index >= 15 is 0 Å². The maximum absolute atomic E-state index is 14.1. The number of nitrogens with one attached hydrogen (secondary N) is 1. The van der Waals surface area contributed by atoms with Crippen molar-refractivity contribution >= 4 is 17.0 Å². The lowest BCUT2D eigenvalue weighted by atomic mass is 10.0. The summed E-state index contributed by atoms with van der Waals surface area (Å²) in [6.45, 7) is 0.0810. The van der Waals surface area contributed by atoms with E-state index in [4.69, 9.17) is 8.83 Å². The molecule has 0 saturated carbocycles. The molecule has 1 atom stereocenters. The topological polar surface area (TPSA) is 101 Å². The summed E-state index contributed by atoms with van der Waals surface area (Å²) in [6.07, 6.45) is -0.522. The van der Waals surface area contributed by atoms with Gasteiger partial charge in [0.25, 0.3) is 12.3 Å². The summed E-state index contributed by atoms with van der Waals surface area (Å²) in [6, 6.07) is 1.06. The molecule has 0 spiro atoms. The number of hydrogen-bond donors (Lipinski definition) is 1. The zero-order valence-corrected chi connectivity index (χ0v) is 14.9. The molecule has 12 heteroatoms. The summed E-state index contributed by atoms with van der Waals surface area (Å²) in [5.41, 5.74) is -0.165. The Kier molecular flexibility index (Phi) is 4.08. The molecule has 4 heterocycles. The minimum absolute atomic E-state index is 0.0342. The molecule has 1 aromatic carbocycles. The number of alkyl halides is 2. The number of carbonyl (C=O) groups excluding carboxylic acids is 1. The normalized spacial score (nSPS) is 16.4. The number of aromatic amines is 1. The Balaban J connectivity index is 1.64. The standard InChI is InChI=1S/C18H11F4N5O3/c19-7-1-2-9-14(10(7)20)30-17(26-9)13-11-8(23-5-24-11)3-4-27(13)18(28)15-12(16(21)22)25-6-29-15/h1-2,5-6,13,16H,3-4H2,(H,23,24)/t13-/m0/s1. The number of oxazole rings is 2. The maximum atomic E-state index is 14.1. The van der Waals surface area contributed by atoms with Crippen LogP contribution in [0.3, 0.4) is 0 Å². The summed E-state index contributed by atoms with van der Waals surface area (Å²) in [5, 5.41) is 0. The van der Waals surface area contributed by atoms with Gasteiger partial charge >= 0.3 is 0 Å². The fraction of sp³-hybridized carbons (Fsp3) is 0.222. The number of aromatic nitrogens is 4. The first-order valence-corrected chi connectivity index (χ1v) is 8.74. The van der Waals surface area contributed by atoms with Gasteiger partial charge in [0.15, 0.2) is 29.5 Å². The van der Waals surface area contributed by atoms with E-state index in [1.807, 2.05) is 0 Å². The van der Waals surface area contributed by atoms with Crippen LogP contribution in [0.25, 0.3) is 11.1 Å². The Morgan fingerprint density at radius 3 is 2.90 bits per heavy atom. The lowest BCUT2D eigenvalue weighted by molar-refractivity contribution is 0.0620. The van der Waals surface area contributed by atoms with Gasteiger partial charge in [0.2, 0.25) is 17.5 Å².